The highest BCUT2D eigenvalue weighted by Crippen LogP contribution is 2.22. The van der Waals surface area contributed by atoms with Gasteiger partial charge in [0.15, 0.2) is 6.29 Å². The fraction of sp³-hybridized carbons (Fsp3) is 0.600. The maximum absolute atomic E-state index is 9.80. The van der Waals surface area contributed by atoms with E-state index in [-0.39, 0.29) is 6.29 Å². The molecule has 1 saturated heterocycles. The summed E-state index contributed by atoms with van der Waals surface area (Å²) in [7, 11) is 0. The summed E-state index contributed by atoms with van der Waals surface area (Å²) in [6.45, 7) is 1.28. The zero-order valence-corrected chi connectivity index (χ0v) is 10.6. The van der Waals surface area contributed by atoms with Crippen molar-refractivity contribution in [2.75, 3.05) is 13.2 Å². The molecule has 2 rings (SSSR count). The molecular formula is C10H13BrO3S. The maximum Gasteiger partial charge on any atom is 0.160 e. The summed E-state index contributed by atoms with van der Waals surface area (Å²) in [5.41, 5.74) is 0. The Bertz CT molecular complexity index is 309. The Kier molecular flexibility index (Phi) is 4.16. The SMILES string of the molecule is OC(Cc1cc(Br)cs1)CC1OCCO1. The van der Waals surface area contributed by atoms with E-state index < -0.39 is 6.10 Å². The molecule has 84 valence electrons. The molecule has 1 N–H and O–H groups in total. The van der Waals surface area contributed by atoms with Gasteiger partial charge in [0.05, 0.1) is 19.3 Å². The quantitative estimate of drug-likeness (QED) is 0.924. The van der Waals surface area contributed by atoms with E-state index in [1.54, 1.807) is 11.3 Å². The molecule has 1 atom stereocenters. The number of aliphatic hydroxyl groups excluding tert-OH is 1. The fourth-order valence-electron chi connectivity index (χ4n) is 1.54. The molecule has 0 saturated carbocycles. The summed E-state index contributed by atoms with van der Waals surface area (Å²) in [5, 5.41) is 11.8. The number of hydrogen-bond donors (Lipinski definition) is 1. The zero-order valence-electron chi connectivity index (χ0n) is 8.19. The molecule has 0 bridgehead atoms. The van der Waals surface area contributed by atoms with Gasteiger partial charge in [-0.2, -0.15) is 0 Å². The van der Waals surface area contributed by atoms with Gasteiger partial charge in [0.25, 0.3) is 0 Å². The van der Waals surface area contributed by atoms with Gasteiger partial charge in [0.2, 0.25) is 0 Å². The molecule has 0 radical (unpaired) electrons. The number of hydrogen-bond acceptors (Lipinski definition) is 4. The Balaban J connectivity index is 1.78. The second kappa shape index (κ2) is 5.41. The number of halogens is 1. The van der Waals surface area contributed by atoms with Gasteiger partial charge in [-0.1, -0.05) is 0 Å². The van der Waals surface area contributed by atoms with E-state index in [1.807, 2.05) is 11.4 Å². The molecule has 2 heterocycles. The highest BCUT2D eigenvalue weighted by molar-refractivity contribution is 9.10. The van der Waals surface area contributed by atoms with Gasteiger partial charge in [-0.05, 0) is 22.0 Å². The highest BCUT2D eigenvalue weighted by Gasteiger charge is 2.20. The first-order valence-electron chi connectivity index (χ1n) is 4.88. The van der Waals surface area contributed by atoms with E-state index in [9.17, 15) is 5.11 Å². The van der Waals surface area contributed by atoms with Crippen molar-refractivity contribution in [1.29, 1.82) is 0 Å². The molecule has 3 nitrogen and oxygen atoms in total. The molecule has 5 heteroatoms. The first kappa shape index (κ1) is 11.5. The van der Waals surface area contributed by atoms with Gasteiger partial charge in [-0.25, -0.2) is 0 Å². The Hall–Kier alpha value is 0.0600. The first-order chi connectivity index (χ1) is 7.24. The third-order valence-corrected chi connectivity index (χ3v) is 3.93. The van der Waals surface area contributed by atoms with Crippen LogP contribution in [-0.2, 0) is 15.9 Å². The summed E-state index contributed by atoms with van der Waals surface area (Å²) >= 11 is 5.04. The van der Waals surface area contributed by atoms with Gasteiger partial charge < -0.3 is 14.6 Å². The summed E-state index contributed by atoms with van der Waals surface area (Å²) in [5.74, 6) is 0. The predicted molar refractivity (Wildman–Crippen MR) is 62.0 cm³/mol. The Morgan fingerprint density at radius 1 is 1.53 bits per heavy atom. The molecule has 1 aliphatic heterocycles. The Labute approximate surface area is 101 Å². The fourth-order valence-corrected chi connectivity index (χ4v) is 3.07. The van der Waals surface area contributed by atoms with E-state index in [4.69, 9.17) is 9.47 Å². The van der Waals surface area contributed by atoms with Gasteiger partial charge in [-0.3, -0.25) is 0 Å². The topological polar surface area (TPSA) is 38.7 Å². The van der Waals surface area contributed by atoms with E-state index >= 15 is 0 Å². The van der Waals surface area contributed by atoms with E-state index in [0.29, 0.717) is 26.1 Å². The summed E-state index contributed by atoms with van der Waals surface area (Å²) in [6.07, 6.45) is 0.608. The van der Waals surface area contributed by atoms with E-state index in [1.165, 1.54) is 4.88 Å². The van der Waals surface area contributed by atoms with Gasteiger partial charge >= 0.3 is 0 Å². The van der Waals surface area contributed by atoms with Crippen LogP contribution in [0.1, 0.15) is 11.3 Å². The molecule has 15 heavy (non-hydrogen) atoms. The number of thiophene rings is 1. The standard InChI is InChI=1S/C10H13BrO3S/c11-7-3-9(15-6-7)4-8(12)5-10-13-1-2-14-10/h3,6,8,10,12H,1-2,4-5H2. The second-order valence-corrected chi connectivity index (χ2v) is 5.41. The van der Waals surface area contributed by atoms with Crippen LogP contribution in [0, 0.1) is 0 Å². The number of ether oxygens (including phenoxy) is 2. The molecule has 0 aromatic carbocycles. The predicted octanol–water partition coefficient (Wildman–Crippen LogP) is 2.18. The van der Waals surface area contributed by atoms with Gasteiger partial charge in [0, 0.05) is 27.6 Å². The molecule has 1 fully saturated rings. The minimum Gasteiger partial charge on any atom is -0.393 e. The van der Waals surface area contributed by atoms with Crippen molar-refractivity contribution >= 4 is 27.3 Å². The van der Waals surface area contributed by atoms with Crippen molar-refractivity contribution in [2.24, 2.45) is 0 Å². The van der Waals surface area contributed by atoms with Crippen LogP contribution in [0.25, 0.3) is 0 Å². The van der Waals surface area contributed by atoms with Gasteiger partial charge in [0.1, 0.15) is 0 Å². The zero-order chi connectivity index (χ0) is 10.7. The van der Waals surface area contributed by atoms with Crippen LogP contribution in [0.15, 0.2) is 15.9 Å². The molecule has 1 unspecified atom stereocenters. The summed E-state index contributed by atoms with van der Waals surface area (Å²) in [4.78, 5) is 1.17. The average molecular weight is 293 g/mol. The van der Waals surface area contributed by atoms with E-state index in [0.717, 1.165) is 4.47 Å². The summed E-state index contributed by atoms with van der Waals surface area (Å²) < 4.78 is 11.6. The molecule has 1 aromatic rings. The maximum atomic E-state index is 9.80. The largest absolute Gasteiger partial charge is 0.393 e. The van der Waals surface area contributed by atoms with Crippen molar-refractivity contribution in [3.8, 4) is 0 Å². The van der Waals surface area contributed by atoms with Crippen LogP contribution in [0.4, 0.5) is 0 Å². The number of rotatable bonds is 4. The van der Waals surface area contributed by atoms with Crippen LogP contribution in [0.2, 0.25) is 0 Å². The lowest BCUT2D eigenvalue weighted by Gasteiger charge is -2.13. The minimum atomic E-state index is -0.390. The smallest absolute Gasteiger partial charge is 0.160 e. The van der Waals surface area contributed by atoms with Crippen LogP contribution < -0.4 is 0 Å². The lowest BCUT2D eigenvalue weighted by molar-refractivity contribution is -0.0697. The Morgan fingerprint density at radius 2 is 2.27 bits per heavy atom. The number of aliphatic hydroxyl groups is 1. The average Bonchev–Trinajstić information content (AvgIpc) is 2.77. The molecule has 0 aliphatic carbocycles. The summed E-state index contributed by atoms with van der Waals surface area (Å²) in [6, 6.07) is 2.03. The second-order valence-electron chi connectivity index (χ2n) is 3.50. The molecule has 1 aromatic heterocycles. The van der Waals surface area contributed by atoms with Crippen molar-refractivity contribution in [2.45, 2.75) is 25.2 Å². The molecular weight excluding hydrogens is 280 g/mol. The van der Waals surface area contributed by atoms with Crippen LogP contribution in [-0.4, -0.2) is 30.7 Å². The lowest BCUT2D eigenvalue weighted by atomic mass is 10.1. The van der Waals surface area contributed by atoms with Crippen molar-refractivity contribution in [1.82, 2.24) is 0 Å². The van der Waals surface area contributed by atoms with E-state index in [2.05, 4.69) is 15.9 Å². The monoisotopic (exact) mass is 292 g/mol. The third kappa shape index (κ3) is 3.53. The van der Waals surface area contributed by atoms with Gasteiger partial charge in [-0.15, -0.1) is 11.3 Å². The first-order valence-corrected chi connectivity index (χ1v) is 6.55. The van der Waals surface area contributed by atoms with Crippen LogP contribution >= 0.6 is 27.3 Å². The van der Waals surface area contributed by atoms with Crippen molar-refractivity contribution in [3.05, 3.63) is 20.8 Å². The van der Waals surface area contributed by atoms with Crippen LogP contribution in [0.3, 0.4) is 0 Å². The minimum absolute atomic E-state index is 0.219. The highest BCUT2D eigenvalue weighted by atomic mass is 79.9. The molecule has 1 aliphatic rings. The molecule has 0 spiro atoms. The van der Waals surface area contributed by atoms with Crippen LogP contribution in [0.5, 0.6) is 0 Å². The molecule has 0 amide bonds. The van der Waals surface area contributed by atoms with Crippen molar-refractivity contribution < 1.29 is 14.6 Å². The normalized spacial score (nSPS) is 19.6. The lowest BCUT2D eigenvalue weighted by Crippen LogP contribution is -2.20. The Morgan fingerprint density at radius 3 is 2.87 bits per heavy atom. The third-order valence-electron chi connectivity index (χ3n) is 2.21. The van der Waals surface area contributed by atoms with Crippen molar-refractivity contribution in [3.63, 3.8) is 0 Å².